The van der Waals surface area contributed by atoms with Crippen molar-refractivity contribution in [3.05, 3.63) is 30.0 Å². The molecule has 102 valence electrons. The largest absolute Gasteiger partial charge is 0.497 e. The van der Waals surface area contributed by atoms with Crippen molar-refractivity contribution >= 4 is 16.9 Å². The minimum absolute atomic E-state index is 0.0136. The first-order chi connectivity index (χ1) is 9.02. The molecule has 1 aromatic carbocycles. The van der Waals surface area contributed by atoms with E-state index >= 15 is 0 Å². The second-order valence-corrected chi connectivity index (χ2v) is 5.10. The van der Waals surface area contributed by atoms with E-state index in [4.69, 9.17) is 9.84 Å². The van der Waals surface area contributed by atoms with Crippen LogP contribution in [0.15, 0.2) is 24.4 Å². The summed E-state index contributed by atoms with van der Waals surface area (Å²) in [6.07, 6.45) is 2.06. The zero-order valence-corrected chi connectivity index (χ0v) is 11.4. The Morgan fingerprint density at radius 3 is 2.74 bits per heavy atom. The summed E-state index contributed by atoms with van der Waals surface area (Å²) in [5.74, 6) is 0.318. The van der Waals surface area contributed by atoms with Crippen molar-refractivity contribution in [2.75, 3.05) is 7.11 Å². The molecule has 0 aliphatic carbocycles. The van der Waals surface area contributed by atoms with Crippen molar-refractivity contribution in [3.8, 4) is 5.75 Å². The van der Waals surface area contributed by atoms with E-state index in [1.165, 1.54) is 0 Å². The standard InChI is InChI=1S/C15H19NO3/c1-9(2)12(7-15(17)18)13-8-16-14-6-10(19-3)4-5-11(13)14/h4-6,8-9,12,16H,7H2,1-3H3,(H,17,18). The molecule has 0 amide bonds. The predicted octanol–water partition coefficient (Wildman–Crippen LogP) is 3.39. The van der Waals surface area contributed by atoms with Gasteiger partial charge in [0.15, 0.2) is 0 Å². The lowest BCUT2D eigenvalue weighted by molar-refractivity contribution is -0.137. The molecule has 0 spiro atoms. The smallest absolute Gasteiger partial charge is 0.303 e. The molecule has 0 bridgehead atoms. The van der Waals surface area contributed by atoms with E-state index in [2.05, 4.69) is 18.8 Å². The van der Waals surface area contributed by atoms with Gasteiger partial charge in [-0.15, -0.1) is 0 Å². The number of nitrogens with one attached hydrogen (secondary N) is 1. The number of benzene rings is 1. The minimum Gasteiger partial charge on any atom is -0.497 e. The highest BCUT2D eigenvalue weighted by Gasteiger charge is 2.22. The predicted molar refractivity (Wildman–Crippen MR) is 74.7 cm³/mol. The summed E-state index contributed by atoms with van der Waals surface area (Å²) >= 11 is 0. The molecule has 0 aliphatic rings. The van der Waals surface area contributed by atoms with Crippen LogP contribution < -0.4 is 4.74 Å². The number of aliphatic carboxylic acids is 1. The van der Waals surface area contributed by atoms with Crippen LogP contribution in [0, 0.1) is 5.92 Å². The molecule has 1 atom stereocenters. The normalized spacial score (nSPS) is 12.8. The monoisotopic (exact) mass is 261 g/mol. The summed E-state index contributed by atoms with van der Waals surface area (Å²) in [7, 11) is 1.63. The van der Waals surface area contributed by atoms with Gasteiger partial charge < -0.3 is 14.8 Å². The van der Waals surface area contributed by atoms with Crippen LogP contribution in [-0.4, -0.2) is 23.2 Å². The molecule has 1 aromatic heterocycles. The van der Waals surface area contributed by atoms with Crippen molar-refractivity contribution in [1.29, 1.82) is 0 Å². The molecule has 4 nitrogen and oxygen atoms in total. The average molecular weight is 261 g/mol. The lowest BCUT2D eigenvalue weighted by atomic mass is 9.85. The van der Waals surface area contributed by atoms with Crippen molar-refractivity contribution in [3.63, 3.8) is 0 Å². The Morgan fingerprint density at radius 1 is 1.42 bits per heavy atom. The maximum absolute atomic E-state index is 11.0. The molecule has 4 heteroatoms. The molecule has 0 radical (unpaired) electrons. The molecule has 0 saturated heterocycles. The fraction of sp³-hybridized carbons (Fsp3) is 0.400. The topological polar surface area (TPSA) is 62.3 Å². The van der Waals surface area contributed by atoms with E-state index in [-0.39, 0.29) is 18.3 Å². The third-order valence-corrected chi connectivity index (χ3v) is 3.52. The maximum Gasteiger partial charge on any atom is 0.303 e. The SMILES string of the molecule is COc1ccc2c(C(CC(=O)O)C(C)C)c[nH]c2c1. The van der Waals surface area contributed by atoms with Crippen molar-refractivity contribution in [1.82, 2.24) is 4.98 Å². The lowest BCUT2D eigenvalue weighted by Gasteiger charge is -2.18. The van der Waals surface area contributed by atoms with E-state index < -0.39 is 5.97 Å². The van der Waals surface area contributed by atoms with Gasteiger partial charge in [-0.3, -0.25) is 4.79 Å². The molecular weight excluding hydrogens is 242 g/mol. The number of ether oxygens (including phenoxy) is 1. The Bertz CT molecular complexity index is 586. The summed E-state index contributed by atoms with van der Waals surface area (Å²) in [5, 5.41) is 10.1. The molecule has 2 aromatic rings. The first-order valence-electron chi connectivity index (χ1n) is 6.39. The van der Waals surface area contributed by atoms with Gasteiger partial charge in [-0.1, -0.05) is 13.8 Å². The van der Waals surface area contributed by atoms with E-state index in [0.29, 0.717) is 0 Å². The highest BCUT2D eigenvalue weighted by atomic mass is 16.5. The number of hydrogen-bond donors (Lipinski definition) is 2. The molecular formula is C15H19NO3. The van der Waals surface area contributed by atoms with Crippen LogP contribution >= 0.6 is 0 Å². The summed E-state index contributed by atoms with van der Waals surface area (Å²) in [6, 6.07) is 5.81. The maximum atomic E-state index is 11.0. The summed E-state index contributed by atoms with van der Waals surface area (Å²) in [5.41, 5.74) is 2.04. The van der Waals surface area contributed by atoms with Crippen LogP contribution in [-0.2, 0) is 4.79 Å². The van der Waals surface area contributed by atoms with Crippen molar-refractivity contribution in [2.45, 2.75) is 26.2 Å². The third kappa shape index (κ3) is 2.72. The second-order valence-electron chi connectivity index (χ2n) is 5.10. The molecule has 2 N–H and O–H groups in total. The van der Waals surface area contributed by atoms with Crippen LogP contribution in [0.1, 0.15) is 31.7 Å². The Hall–Kier alpha value is -1.97. The van der Waals surface area contributed by atoms with Crippen LogP contribution in [0.2, 0.25) is 0 Å². The van der Waals surface area contributed by atoms with Gasteiger partial charge in [0, 0.05) is 23.2 Å². The number of H-pyrrole nitrogens is 1. The van der Waals surface area contributed by atoms with Crippen LogP contribution in [0.5, 0.6) is 5.75 Å². The van der Waals surface area contributed by atoms with E-state index in [0.717, 1.165) is 22.2 Å². The van der Waals surface area contributed by atoms with Crippen LogP contribution in [0.25, 0.3) is 10.9 Å². The fourth-order valence-electron chi connectivity index (χ4n) is 2.45. The molecule has 2 rings (SSSR count). The zero-order valence-electron chi connectivity index (χ0n) is 11.4. The van der Waals surface area contributed by atoms with E-state index in [1.54, 1.807) is 7.11 Å². The molecule has 0 aliphatic heterocycles. The highest BCUT2D eigenvalue weighted by Crippen LogP contribution is 2.34. The molecule has 1 unspecified atom stereocenters. The number of hydrogen-bond acceptors (Lipinski definition) is 2. The van der Waals surface area contributed by atoms with Gasteiger partial charge in [0.1, 0.15) is 5.75 Å². The number of rotatable bonds is 5. The Kier molecular flexibility index (Phi) is 3.79. The molecule has 0 saturated carbocycles. The Balaban J connectivity index is 2.45. The zero-order chi connectivity index (χ0) is 14.0. The van der Waals surface area contributed by atoms with Gasteiger partial charge in [-0.2, -0.15) is 0 Å². The van der Waals surface area contributed by atoms with E-state index in [9.17, 15) is 4.79 Å². The number of carboxylic acid groups (broad SMARTS) is 1. The summed E-state index contributed by atoms with van der Waals surface area (Å²) in [4.78, 5) is 14.2. The van der Waals surface area contributed by atoms with Gasteiger partial charge in [-0.25, -0.2) is 0 Å². The second kappa shape index (κ2) is 5.34. The van der Waals surface area contributed by atoms with Gasteiger partial charge >= 0.3 is 5.97 Å². The Labute approximate surface area is 112 Å². The van der Waals surface area contributed by atoms with Crippen LogP contribution in [0.3, 0.4) is 0 Å². The van der Waals surface area contributed by atoms with Gasteiger partial charge in [0.05, 0.1) is 13.5 Å². The van der Waals surface area contributed by atoms with Crippen LogP contribution in [0.4, 0.5) is 0 Å². The highest BCUT2D eigenvalue weighted by molar-refractivity contribution is 5.85. The number of carboxylic acids is 1. The van der Waals surface area contributed by atoms with Crippen molar-refractivity contribution < 1.29 is 14.6 Å². The summed E-state index contributed by atoms with van der Waals surface area (Å²) in [6.45, 7) is 4.10. The van der Waals surface area contributed by atoms with Gasteiger partial charge in [-0.05, 0) is 29.5 Å². The van der Waals surface area contributed by atoms with E-state index in [1.807, 2.05) is 24.4 Å². The Morgan fingerprint density at radius 2 is 2.16 bits per heavy atom. The minimum atomic E-state index is -0.762. The number of carbonyl (C=O) groups is 1. The number of aromatic nitrogens is 1. The molecule has 19 heavy (non-hydrogen) atoms. The lowest BCUT2D eigenvalue weighted by Crippen LogP contribution is -2.11. The van der Waals surface area contributed by atoms with Crippen molar-refractivity contribution in [2.24, 2.45) is 5.92 Å². The molecule has 1 heterocycles. The van der Waals surface area contributed by atoms with Gasteiger partial charge in [0.25, 0.3) is 0 Å². The number of aromatic amines is 1. The first-order valence-corrected chi connectivity index (χ1v) is 6.39. The summed E-state index contributed by atoms with van der Waals surface area (Å²) < 4.78 is 5.19. The quantitative estimate of drug-likeness (QED) is 0.867. The average Bonchev–Trinajstić information content (AvgIpc) is 2.77. The first kappa shape index (κ1) is 13.5. The third-order valence-electron chi connectivity index (χ3n) is 3.52. The van der Waals surface area contributed by atoms with Gasteiger partial charge in [0.2, 0.25) is 0 Å². The number of fused-ring (bicyclic) bond motifs is 1. The number of methoxy groups -OCH3 is 1. The fourth-order valence-corrected chi connectivity index (χ4v) is 2.45. The molecule has 0 fully saturated rings.